The van der Waals surface area contributed by atoms with Crippen molar-refractivity contribution in [2.75, 3.05) is 0 Å². The van der Waals surface area contributed by atoms with Crippen molar-refractivity contribution >= 4 is 34.2 Å². The predicted octanol–water partition coefficient (Wildman–Crippen LogP) is 3.96. The average molecular weight is 353 g/mol. The number of benzene rings is 2. The first-order valence-electron chi connectivity index (χ1n) is 8.28. The lowest BCUT2D eigenvalue weighted by molar-refractivity contribution is 0.0962. The SMILES string of the molecule is NC(=O)c1ccc2c3c(n(Cc4ccccc4Cl)c2c1)C(=O)CCC3. The molecular formula is C20H17ClN2O2. The van der Waals surface area contributed by atoms with Gasteiger partial charge in [0.25, 0.3) is 0 Å². The van der Waals surface area contributed by atoms with E-state index in [2.05, 4.69) is 0 Å². The second kappa shape index (κ2) is 6.05. The predicted molar refractivity (Wildman–Crippen MR) is 98.3 cm³/mol. The van der Waals surface area contributed by atoms with E-state index in [1.54, 1.807) is 12.1 Å². The maximum Gasteiger partial charge on any atom is 0.248 e. The number of rotatable bonds is 3. The van der Waals surface area contributed by atoms with Crippen molar-refractivity contribution in [1.82, 2.24) is 4.57 Å². The minimum Gasteiger partial charge on any atom is -0.366 e. The number of fused-ring (bicyclic) bond motifs is 3. The first kappa shape index (κ1) is 15.9. The summed E-state index contributed by atoms with van der Waals surface area (Å²) >= 11 is 6.32. The number of halogens is 1. The van der Waals surface area contributed by atoms with E-state index in [1.165, 1.54) is 0 Å². The number of nitrogens with two attached hydrogens (primary N) is 1. The van der Waals surface area contributed by atoms with Crippen molar-refractivity contribution in [3.8, 4) is 0 Å². The zero-order chi connectivity index (χ0) is 17.6. The number of Topliss-reactive ketones (excluding diaryl/α,β-unsaturated/α-hetero) is 1. The van der Waals surface area contributed by atoms with Crippen LogP contribution in [0.15, 0.2) is 42.5 Å². The van der Waals surface area contributed by atoms with Gasteiger partial charge in [-0.25, -0.2) is 0 Å². The van der Waals surface area contributed by atoms with Gasteiger partial charge in [0.15, 0.2) is 5.78 Å². The highest BCUT2D eigenvalue weighted by Crippen LogP contribution is 2.34. The summed E-state index contributed by atoms with van der Waals surface area (Å²) in [4.78, 5) is 24.2. The molecule has 1 heterocycles. The van der Waals surface area contributed by atoms with Gasteiger partial charge in [-0.2, -0.15) is 0 Å². The van der Waals surface area contributed by atoms with Crippen LogP contribution in [-0.2, 0) is 13.0 Å². The summed E-state index contributed by atoms with van der Waals surface area (Å²) in [6, 6.07) is 13.0. The summed E-state index contributed by atoms with van der Waals surface area (Å²) in [5, 5.41) is 1.67. The Bertz CT molecular complexity index is 1020. The average Bonchev–Trinajstić information content (AvgIpc) is 2.91. The quantitative estimate of drug-likeness (QED) is 0.775. The molecule has 126 valence electrons. The highest BCUT2D eigenvalue weighted by Gasteiger charge is 2.26. The van der Waals surface area contributed by atoms with Crippen LogP contribution in [0.1, 0.15) is 44.8 Å². The third-order valence-corrected chi connectivity index (χ3v) is 5.20. The summed E-state index contributed by atoms with van der Waals surface area (Å²) in [6.45, 7) is 0.486. The van der Waals surface area contributed by atoms with Gasteiger partial charge in [-0.3, -0.25) is 9.59 Å². The Morgan fingerprint density at radius 3 is 2.72 bits per heavy atom. The van der Waals surface area contributed by atoms with Gasteiger partial charge in [0.05, 0.1) is 5.69 Å². The molecule has 0 saturated heterocycles. The first-order valence-corrected chi connectivity index (χ1v) is 8.65. The van der Waals surface area contributed by atoms with E-state index in [4.69, 9.17) is 17.3 Å². The molecule has 4 rings (SSSR count). The number of amides is 1. The fourth-order valence-electron chi connectivity index (χ4n) is 3.65. The van der Waals surface area contributed by atoms with Crippen LogP contribution >= 0.6 is 11.6 Å². The molecule has 0 aliphatic heterocycles. The zero-order valence-corrected chi connectivity index (χ0v) is 14.3. The maximum atomic E-state index is 12.6. The molecule has 5 heteroatoms. The lowest BCUT2D eigenvalue weighted by Gasteiger charge is -2.15. The Labute approximate surface area is 150 Å². The minimum absolute atomic E-state index is 0.144. The topological polar surface area (TPSA) is 65.1 Å². The van der Waals surface area contributed by atoms with Crippen LogP contribution in [0.5, 0.6) is 0 Å². The van der Waals surface area contributed by atoms with E-state index >= 15 is 0 Å². The number of aryl methyl sites for hydroxylation is 1. The van der Waals surface area contributed by atoms with Crippen LogP contribution in [0.2, 0.25) is 5.02 Å². The van der Waals surface area contributed by atoms with Gasteiger partial charge in [0.1, 0.15) is 0 Å². The Morgan fingerprint density at radius 1 is 1.16 bits per heavy atom. The number of ketones is 1. The molecule has 1 aromatic heterocycles. The Hall–Kier alpha value is -2.59. The van der Waals surface area contributed by atoms with Crippen LogP contribution in [-0.4, -0.2) is 16.3 Å². The molecule has 1 aliphatic carbocycles. The van der Waals surface area contributed by atoms with Crippen molar-refractivity contribution in [2.24, 2.45) is 5.73 Å². The lowest BCUT2D eigenvalue weighted by atomic mass is 9.94. The molecule has 0 bridgehead atoms. The Kier molecular flexibility index (Phi) is 3.85. The molecule has 2 aromatic carbocycles. The third-order valence-electron chi connectivity index (χ3n) is 4.83. The van der Waals surface area contributed by atoms with E-state index in [0.717, 1.165) is 40.6 Å². The molecule has 1 amide bonds. The van der Waals surface area contributed by atoms with Crippen molar-refractivity contribution in [1.29, 1.82) is 0 Å². The van der Waals surface area contributed by atoms with Crippen LogP contribution in [0, 0.1) is 0 Å². The standard InChI is InChI=1S/C20H17ClN2O2/c21-16-6-2-1-4-13(16)11-23-17-10-12(20(22)25)8-9-14(17)15-5-3-7-18(24)19(15)23/h1-2,4,6,8-10H,3,5,7,11H2,(H2,22,25). The lowest BCUT2D eigenvalue weighted by Crippen LogP contribution is -2.16. The highest BCUT2D eigenvalue weighted by atomic mass is 35.5. The fraction of sp³-hybridized carbons (Fsp3) is 0.200. The monoisotopic (exact) mass is 352 g/mol. The summed E-state index contributed by atoms with van der Waals surface area (Å²) in [5.74, 6) is -0.332. The van der Waals surface area contributed by atoms with Gasteiger partial charge < -0.3 is 10.3 Å². The number of hydrogen-bond acceptors (Lipinski definition) is 2. The molecule has 4 nitrogen and oxygen atoms in total. The minimum atomic E-state index is -0.475. The molecule has 2 N–H and O–H groups in total. The maximum absolute atomic E-state index is 12.6. The summed E-state index contributed by atoms with van der Waals surface area (Å²) in [6.07, 6.45) is 2.27. The molecule has 1 aliphatic rings. The first-order chi connectivity index (χ1) is 12.1. The molecule has 0 fully saturated rings. The van der Waals surface area contributed by atoms with Gasteiger partial charge in [0, 0.05) is 34.5 Å². The molecule has 0 atom stereocenters. The summed E-state index contributed by atoms with van der Waals surface area (Å²) in [7, 11) is 0. The Balaban J connectivity index is 1.98. The van der Waals surface area contributed by atoms with E-state index in [9.17, 15) is 9.59 Å². The largest absolute Gasteiger partial charge is 0.366 e. The second-order valence-electron chi connectivity index (χ2n) is 6.38. The fourth-order valence-corrected chi connectivity index (χ4v) is 3.85. The molecule has 3 aromatic rings. The van der Waals surface area contributed by atoms with Gasteiger partial charge >= 0.3 is 0 Å². The third kappa shape index (κ3) is 2.63. The number of nitrogens with zero attached hydrogens (tertiary/aromatic N) is 1. The van der Waals surface area contributed by atoms with Gasteiger partial charge in [-0.15, -0.1) is 0 Å². The molecule has 0 spiro atoms. The van der Waals surface area contributed by atoms with Crippen LogP contribution in [0.3, 0.4) is 0 Å². The van der Waals surface area contributed by atoms with E-state index < -0.39 is 5.91 Å². The molecule has 0 unspecified atom stereocenters. The molecular weight excluding hydrogens is 336 g/mol. The molecule has 0 saturated carbocycles. The highest BCUT2D eigenvalue weighted by molar-refractivity contribution is 6.31. The van der Waals surface area contributed by atoms with E-state index in [1.807, 2.05) is 34.9 Å². The number of primary amides is 1. The molecule has 0 radical (unpaired) electrons. The second-order valence-corrected chi connectivity index (χ2v) is 6.78. The zero-order valence-electron chi connectivity index (χ0n) is 13.6. The van der Waals surface area contributed by atoms with Crippen LogP contribution in [0.4, 0.5) is 0 Å². The van der Waals surface area contributed by atoms with Crippen molar-refractivity contribution in [3.05, 3.63) is 69.9 Å². The van der Waals surface area contributed by atoms with Crippen molar-refractivity contribution < 1.29 is 9.59 Å². The normalized spacial score (nSPS) is 13.9. The van der Waals surface area contributed by atoms with Crippen molar-refractivity contribution in [2.45, 2.75) is 25.8 Å². The number of aromatic nitrogens is 1. The van der Waals surface area contributed by atoms with Crippen molar-refractivity contribution in [3.63, 3.8) is 0 Å². The number of carbonyl (C=O) groups is 2. The van der Waals surface area contributed by atoms with Crippen LogP contribution < -0.4 is 5.73 Å². The molecule has 25 heavy (non-hydrogen) atoms. The van der Waals surface area contributed by atoms with Crippen LogP contribution in [0.25, 0.3) is 10.9 Å². The summed E-state index contributed by atoms with van der Waals surface area (Å²) in [5.41, 5.74) is 9.48. The number of hydrogen-bond donors (Lipinski definition) is 1. The number of carbonyl (C=O) groups excluding carboxylic acids is 2. The van der Waals surface area contributed by atoms with E-state index in [-0.39, 0.29) is 5.78 Å². The Morgan fingerprint density at radius 2 is 1.96 bits per heavy atom. The summed E-state index contributed by atoms with van der Waals surface area (Å²) < 4.78 is 1.99. The van der Waals surface area contributed by atoms with Gasteiger partial charge in [-0.1, -0.05) is 35.9 Å². The smallest absolute Gasteiger partial charge is 0.248 e. The van der Waals surface area contributed by atoms with Gasteiger partial charge in [-0.05, 0) is 42.2 Å². The van der Waals surface area contributed by atoms with Gasteiger partial charge in [0.2, 0.25) is 5.91 Å². The van der Waals surface area contributed by atoms with E-state index in [0.29, 0.717) is 23.6 Å².